The Bertz CT molecular complexity index is 1200. The molecule has 3 aromatic rings. The van der Waals surface area contributed by atoms with Crippen LogP contribution in [0.4, 0.5) is 0 Å². The fraction of sp³-hybridized carbons (Fsp3) is 0.300. The van der Waals surface area contributed by atoms with Gasteiger partial charge in [0.15, 0.2) is 5.78 Å². The van der Waals surface area contributed by atoms with Crippen LogP contribution < -0.4 is 14.8 Å². The second-order valence-corrected chi connectivity index (χ2v) is 9.18. The van der Waals surface area contributed by atoms with Crippen LogP contribution in [0.2, 0.25) is 0 Å². The molecule has 1 fully saturated rings. The van der Waals surface area contributed by atoms with Gasteiger partial charge in [-0.15, -0.1) is 0 Å². The van der Waals surface area contributed by atoms with Gasteiger partial charge in [0.05, 0.1) is 12.0 Å². The summed E-state index contributed by atoms with van der Waals surface area (Å²) >= 11 is 0. The molecular weight excluding hydrogens is 470 g/mol. The van der Waals surface area contributed by atoms with E-state index in [1.807, 2.05) is 30.3 Å². The molecule has 0 spiro atoms. The van der Waals surface area contributed by atoms with E-state index in [2.05, 4.69) is 5.32 Å². The molecule has 0 saturated heterocycles. The van der Waals surface area contributed by atoms with Crippen LogP contribution in [0.15, 0.2) is 78.9 Å². The first kappa shape index (κ1) is 25.9. The van der Waals surface area contributed by atoms with Crippen LogP contribution in [0, 0.1) is 5.92 Å². The van der Waals surface area contributed by atoms with Gasteiger partial charge in [0.2, 0.25) is 0 Å². The van der Waals surface area contributed by atoms with Gasteiger partial charge in [-0.3, -0.25) is 14.4 Å². The quantitative estimate of drug-likeness (QED) is 0.251. The fourth-order valence-corrected chi connectivity index (χ4v) is 4.36. The second-order valence-electron chi connectivity index (χ2n) is 9.18. The summed E-state index contributed by atoms with van der Waals surface area (Å²) in [4.78, 5) is 36.2. The number of benzene rings is 3. The fourth-order valence-electron chi connectivity index (χ4n) is 4.36. The van der Waals surface area contributed by atoms with Crippen molar-refractivity contribution < 1.29 is 29.0 Å². The van der Waals surface area contributed by atoms with Crippen molar-refractivity contribution in [3.8, 4) is 17.2 Å². The molecule has 3 aromatic carbocycles. The maximum absolute atomic E-state index is 12.6. The van der Waals surface area contributed by atoms with Gasteiger partial charge in [-0.05, 0) is 86.7 Å². The van der Waals surface area contributed by atoms with Crippen molar-refractivity contribution in [2.45, 2.75) is 44.6 Å². The number of ether oxygens (including phenoxy) is 2. The summed E-state index contributed by atoms with van der Waals surface area (Å²) in [6.07, 6.45) is 3.53. The minimum atomic E-state index is -0.733. The molecule has 0 atom stereocenters. The zero-order valence-corrected chi connectivity index (χ0v) is 20.6. The van der Waals surface area contributed by atoms with Gasteiger partial charge < -0.3 is 19.9 Å². The first-order valence-electron chi connectivity index (χ1n) is 12.6. The maximum atomic E-state index is 12.6. The Kier molecular flexibility index (Phi) is 8.92. The lowest BCUT2D eigenvalue weighted by atomic mass is 9.87. The molecule has 192 valence electrons. The zero-order valence-electron chi connectivity index (χ0n) is 20.6. The zero-order chi connectivity index (χ0) is 26.0. The van der Waals surface area contributed by atoms with Crippen LogP contribution in [-0.2, 0) is 4.79 Å². The number of carbonyl (C=O) groups is 3. The number of aliphatic carboxylic acids is 1. The lowest BCUT2D eigenvalue weighted by molar-refractivity contribution is -0.143. The van der Waals surface area contributed by atoms with Crippen LogP contribution in [0.1, 0.15) is 59.2 Å². The molecule has 1 aliphatic rings. The Morgan fingerprint density at radius 1 is 0.784 bits per heavy atom. The normalized spacial score (nSPS) is 17.0. The first-order chi connectivity index (χ1) is 18.0. The molecule has 7 heteroatoms. The summed E-state index contributed by atoms with van der Waals surface area (Å²) in [5.41, 5.74) is 1.09. The number of hydrogen-bond donors (Lipinski definition) is 2. The third-order valence-electron chi connectivity index (χ3n) is 6.44. The molecule has 0 aromatic heterocycles. The second kappa shape index (κ2) is 12.7. The number of carbonyl (C=O) groups excluding carboxylic acids is 2. The van der Waals surface area contributed by atoms with Gasteiger partial charge in [-0.1, -0.05) is 24.3 Å². The Balaban J connectivity index is 1.18. The average Bonchev–Trinajstić information content (AvgIpc) is 2.92. The number of ketones is 1. The lowest BCUT2D eigenvalue weighted by Gasteiger charge is -2.26. The molecule has 0 heterocycles. The van der Waals surface area contributed by atoms with E-state index in [0.717, 1.165) is 0 Å². The van der Waals surface area contributed by atoms with E-state index >= 15 is 0 Å². The molecule has 1 amide bonds. The topological polar surface area (TPSA) is 102 Å². The van der Waals surface area contributed by atoms with Gasteiger partial charge >= 0.3 is 5.97 Å². The van der Waals surface area contributed by atoms with Crippen LogP contribution in [0.5, 0.6) is 17.2 Å². The smallest absolute Gasteiger partial charge is 0.306 e. The number of nitrogens with one attached hydrogen (secondary N) is 1. The largest absolute Gasteiger partial charge is 0.490 e. The predicted octanol–water partition coefficient (Wildman–Crippen LogP) is 5.89. The van der Waals surface area contributed by atoms with Crippen molar-refractivity contribution in [3.05, 3.63) is 90.0 Å². The summed E-state index contributed by atoms with van der Waals surface area (Å²) in [6.45, 7) is 0.383. The summed E-state index contributed by atoms with van der Waals surface area (Å²) in [5, 5.41) is 12.0. The van der Waals surface area contributed by atoms with Gasteiger partial charge in [0.1, 0.15) is 17.2 Å². The molecule has 0 radical (unpaired) electrons. The average molecular weight is 502 g/mol. The SMILES string of the molecule is O=C(CCCNC(=O)c1cccc(Oc2ccccc2)c1)c1ccc(OC2CCC(C(=O)O)CC2)cc1. The summed E-state index contributed by atoms with van der Waals surface area (Å²) in [5.74, 6) is 0.731. The van der Waals surface area contributed by atoms with Crippen molar-refractivity contribution in [1.82, 2.24) is 5.32 Å². The molecule has 1 saturated carbocycles. The molecule has 4 rings (SSSR count). The summed E-state index contributed by atoms with van der Waals surface area (Å²) in [7, 11) is 0. The number of amides is 1. The predicted molar refractivity (Wildman–Crippen MR) is 139 cm³/mol. The molecule has 0 unspecified atom stereocenters. The third kappa shape index (κ3) is 7.67. The highest BCUT2D eigenvalue weighted by molar-refractivity contribution is 5.96. The number of para-hydroxylation sites is 1. The van der Waals surface area contributed by atoms with Gasteiger partial charge in [0, 0.05) is 24.1 Å². The molecule has 1 aliphatic carbocycles. The van der Waals surface area contributed by atoms with E-state index < -0.39 is 5.97 Å². The minimum absolute atomic E-state index is 0.000948. The standard InChI is InChI=1S/C30H31NO6/c32-28(21-11-15-25(16-12-21)36-26-17-13-22(14-18-26)30(34)35)10-5-19-31-29(33)23-6-4-9-27(20-23)37-24-7-2-1-3-8-24/h1-4,6-9,11-12,15-16,20,22,26H,5,10,13-14,17-19H2,(H,31,33)(H,34,35). The van der Waals surface area contributed by atoms with Crippen LogP contribution in [0.25, 0.3) is 0 Å². The van der Waals surface area contributed by atoms with Gasteiger partial charge in [-0.25, -0.2) is 0 Å². The van der Waals surface area contributed by atoms with E-state index in [4.69, 9.17) is 14.6 Å². The van der Waals surface area contributed by atoms with Crippen molar-refractivity contribution in [1.29, 1.82) is 0 Å². The highest BCUT2D eigenvalue weighted by Crippen LogP contribution is 2.28. The van der Waals surface area contributed by atoms with E-state index in [0.29, 0.717) is 73.4 Å². The lowest BCUT2D eigenvalue weighted by Crippen LogP contribution is -2.27. The van der Waals surface area contributed by atoms with Crippen molar-refractivity contribution in [2.75, 3.05) is 6.54 Å². The number of Topliss-reactive ketones (excluding diaryl/α,β-unsaturated/α-hetero) is 1. The van der Waals surface area contributed by atoms with Crippen LogP contribution >= 0.6 is 0 Å². The molecule has 0 aliphatic heterocycles. The van der Waals surface area contributed by atoms with Crippen molar-refractivity contribution >= 4 is 17.7 Å². The molecule has 7 nitrogen and oxygen atoms in total. The van der Waals surface area contributed by atoms with E-state index in [1.54, 1.807) is 48.5 Å². The van der Waals surface area contributed by atoms with E-state index in [-0.39, 0.29) is 23.7 Å². The van der Waals surface area contributed by atoms with E-state index in [9.17, 15) is 14.4 Å². The Morgan fingerprint density at radius 2 is 1.49 bits per heavy atom. The number of rotatable bonds is 11. The monoisotopic (exact) mass is 501 g/mol. The van der Waals surface area contributed by atoms with Crippen LogP contribution in [-0.4, -0.2) is 35.4 Å². The maximum Gasteiger partial charge on any atom is 0.306 e. The third-order valence-corrected chi connectivity index (χ3v) is 6.44. The molecular formula is C30H31NO6. The van der Waals surface area contributed by atoms with E-state index in [1.165, 1.54) is 0 Å². The minimum Gasteiger partial charge on any atom is -0.490 e. The highest BCUT2D eigenvalue weighted by Gasteiger charge is 2.26. The van der Waals surface area contributed by atoms with Crippen molar-refractivity contribution in [3.63, 3.8) is 0 Å². The Labute approximate surface area is 216 Å². The summed E-state index contributed by atoms with van der Waals surface area (Å²) in [6, 6.07) is 23.4. The first-order valence-corrected chi connectivity index (χ1v) is 12.6. The molecule has 37 heavy (non-hydrogen) atoms. The number of carboxylic acids is 1. The number of carboxylic acid groups (broad SMARTS) is 1. The summed E-state index contributed by atoms with van der Waals surface area (Å²) < 4.78 is 11.7. The van der Waals surface area contributed by atoms with Crippen LogP contribution in [0.3, 0.4) is 0 Å². The Morgan fingerprint density at radius 3 is 2.19 bits per heavy atom. The highest BCUT2D eigenvalue weighted by atomic mass is 16.5. The van der Waals surface area contributed by atoms with Gasteiger partial charge in [-0.2, -0.15) is 0 Å². The van der Waals surface area contributed by atoms with Crippen molar-refractivity contribution in [2.24, 2.45) is 5.92 Å². The molecule has 0 bridgehead atoms. The number of hydrogen-bond acceptors (Lipinski definition) is 5. The Hall–Kier alpha value is -4.13. The molecule has 2 N–H and O–H groups in total. The van der Waals surface area contributed by atoms with Gasteiger partial charge in [0.25, 0.3) is 5.91 Å².